The van der Waals surface area contributed by atoms with Gasteiger partial charge >= 0.3 is 0 Å². The Morgan fingerprint density at radius 1 is 0.585 bits per heavy atom. The fourth-order valence-electron chi connectivity index (χ4n) is 6.01. The molecule has 0 saturated heterocycles. The van der Waals surface area contributed by atoms with Gasteiger partial charge in [0.05, 0.1) is 6.04 Å². The third-order valence-corrected chi connectivity index (χ3v) is 9.81. The summed E-state index contributed by atoms with van der Waals surface area (Å²) in [7, 11) is -1.51. The summed E-state index contributed by atoms with van der Waals surface area (Å²) in [4.78, 5) is 16.5. The number of nitrogens with zero attached hydrogens (tertiary/aromatic N) is 1. The van der Waals surface area contributed by atoms with Crippen molar-refractivity contribution in [2.45, 2.75) is 45.6 Å². The van der Waals surface area contributed by atoms with Gasteiger partial charge in [0.25, 0.3) is 0 Å². The molecule has 3 nitrogen and oxygen atoms in total. The number of hydrogen-bond donors (Lipinski definition) is 1. The number of aliphatic imine (C=N–C) groups is 1. The summed E-state index contributed by atoms with van der Waals surface area (Å²) in [6.45, 7) is 11.1. The number of aldehydes is 1. The van der Waals surface area contributed by atoms with Crippen LogP contribution in [0.3, 0.4) is 0 Å². The molecule has 6 aromatic carbocycles. The molecule has 53 heavy (non-hydrogen) atoms. The van der Waals surface area contributed by atoms with Crippen LogP contribution in [0.15, 0.2) is 157 Å². The molecule has 0 radical (unpaired) electrons. The highest BCUT2D eigenvalue weighted by Gasteiger charge is 2.21. The molecule has 4 heteroatoms. The van der Waals surface area contributed by atoms with Crippen molar-refractivity contribution in [3.8, 4) is 45.6 Å². The van der Waals surface area contributed by atoms with E-state index in [4.69, 9.17) is 4.99 Å². The van der Waals surface area contributed by atoms with Gasteiger partial charge < -0.3 is 5.32 Å². The number of benzene rings is 6. The number of amidine groups is 1. The zero-order valence-electron chi connectivity index (χ0n) is 31.0. The van der Waals surface area contributed by atoms with Crippen LogP contribution in [0.25, 0.3) is 22.3 Å². The number of hydrogen-bond acceptors (Lipinski definition) is 2. The molecular weight excluding hydrogens is 661 g/mol. The molecule has 0 aliphatic carbocycles. The molecule has 1 N–H and O–H groups in total. The van der Waals surface area contributed by atoms with Crippen LogP contribution in [-0.2, 0) is 0 Å². The molecule has 0 saturated carbocycles. The molecule has 0 bridgehead atoms. The van der Waals surface area contributed by atoms with Gasteiger partial charge in [-0.15, -0.1) is 5.54 Å². The summed E-state index contributed by atoms with van der Waals surface area (Å²) in [5.41, 5.74) is 14.6. The van der Waals surface area contributed by atoms with Crippen molar-refractivity contribution in [2.75, 3.05) is 0 Å². The average molecular weight is 705 g/mol. The van der Waals surface area contributed by atoms with E-state index in [1.54, 1.807) is 12.1 Å². The lowest BCUT2D eigenvalue weighted by Crippen LogP contribution is -2.29. The SMILES string of the molecule is CC(NC(=N[C@H](C)c1ccccc1)c1c(-c2ccc(C#Cc3ccc(C=O)cc3)cc2)cccc1-c1ccc(C#C[Si](C)(C)C)cc1)c1ccccc1. The largest absolute Gasteiger partial charge is 0.363 e. The van der Waals surface area contributed by atoms with E-state index >= 15 is 0 Å². The lowest BCUT2D eigenvalue weighted by atomic mass is 9.89. The first-order chi connectivity index (χ1) is 25.7. The van der Waals surface area contributed by atoms with Crippen LogP contribution >= 0.6 is 0 Å². The first kappa shape index (κ1) is 36.6. The predicted molar refractivity (Wildman–Crippen MR) is 225 cm³/mol. The smallest absolute Gasteiger partial charge is 0.150 e. The van der Waals surface area contributed by atoms with E-state index < -0.39 is 8.07 Å². The van der Waals surface area contributed by atoms with Crippen LogP contribution in [0.4, 0.5) is 0 Å². The van der Waals surface area contributed by atoms with Gasteiger partial charge in [-0.05, 0) is 83.6 Å². The van der Waals surface area contributed by atoms with Crippen LogP contribution in [0.5, 0.6) is 0 Å². The Bertz CT molecular complexity index is 2320. The maximum Gasteiger partial charge on any atom is 0.150 e. The van der Waals surface area contributed by atoms with Crippen molar-refractivity contribution >= 4 is 20.2 Å². The second-order valence-electron chi connectivity index (χ2n) is 14.2. The molecule has 0 spiro atoms. The summed E-state index contributed by atoms with van der Waals surface area (Å²) < 4.78 is 0. The Balaban J connectivity index is 1.48. The molecule has 2 atom stereocenters. The van der Waals surface area contributed by atoms with Gasteiger partial charge in [0.15, 0.2) is 0 Å². The van der Waals surface area contributed by atoms with E-state index in [9.17, 15) is 4.79 Å². The van der Waals surface area contributed by atoms with E-state index in [0.717, 1.165) is 62.2 Å². The van der Waals surface area contributed by atoms with Crippen LogP contribution < -0.4 is 5.32 Å². The van der Waals surface area contributed by atoms with Crippen LogP contribution in [0, 0.1) is 23.3 Å². The Morgan fingerprint density at radius 3 is 1.55 bits per heavy atom. The van der Waals surface area contributed by atoms with Gasteiger partial charge in [-0.1, -0.05) is 153 Å². The third-order valence-electron chi connectivity index (χ3n) is 8.93. The highest BCUT2D eigenvalue weighted by atomic mass is 28.3. The molecule has 0 amide bonds. The number of nitrogens with one attached hydrogen (secondary N) is 1. The van der Waals surface area contributed by atoms with Crippen molar-refractivity contribution in [1.82, 2.24) is 5.32 Å². The predicted octanol–water partition coefficient (Wildman–Crippen LogP) is 11.3. The molecule has 260 valence electrons. The summed E-state index contributed by atoms with van der Waals surface area (Å²) in [6, 6.07) is 51.7. The third kappa shape index (κ3) is 9.78. The van der Waals surface area contributed by atoms with E-state index in [-0.39, 0.29) is 12.1 Å². The Labute approximate surface area is 315 Å². The summed E-state index contributed by atoms with van der Waals surface area (Å²) in [6.07, 6.45) is 0.842. The minimum Gasteiger partial charge on any atom is -0.363 e. The van der Waals surface area contributed by atoms with E-state index in [0.29, 0.717) is 5.56 Å². The fourth-order valence-corrected chi connectivity index (χ4v) is 6.53. The van der Waals surface area contributed by atoms with Crippen LogP contribution in [-0.4, -0.2) is 20.2 Å². The molecule has 0 fully saturated rings. The van der Waals surface area contributed by atoms with Crippen molar-refractivity contribution in [3.63, 3.8) is 0 Å². The standard InChI is InChI=1S/C49H44N2OSi/c1-36(42-13-8-6-9-14-42)50-49(51-37(2)43-15-10-7-11-16-43)48-46(17-12-18-47(48)45-31-27-40(28-32-45)33-34-53(3,4)5)44-29-25-39(26-30-44)20-19-38-21-23-41(35-52)24-22-38/h6-18,21-32,35-37H,1-5H3,(H,50,51)/t36-,37?/m1/s1. The minimum atomic E-state index is -1.51. The van der Waals surface area contributed by atoms with Gasteiger partial charge in [-0.25, -0.2) is 0 Å². The van der Waals surface area contributed by atoms with Gasteiger partial charge in [0.1, 0.15) is 20.2 Å². The molecule has 0 aliphatic heterocycles. The monoisotopic (exact) mass is 704 g/mol. The average Bonchev–Trinajstić information content (AvgIpc) is 3.19. The fraction of sp³-hybridized carbons (Fsp3) is 0.143. The molecule has 6 rings (SSSR count). The van der Waals surface area contributed by atoms with Gasteiger partial charge in [0.2, 0.25) is 0 Å². The summed E-state index contributed by atoms with van der Waals surface area (Å²) >= 11 is 0. The molecule has 0 aliphatic rings. The molecule has 0 aromatic heterocycles. The Hall–Kier alpha value is -6.20. The first-order valence-electron chi connectivity index (χ1n) is 18.1. The summed E-state index contributed by atoms with van der Waals surface area (Å²) in [5.74, 6) is 10.7. The Kier molecular flexibility index (Phi) is 11.6. The normalized spacial score (nSPS) is 12.4. The van der Waals surface area contributed by atoms with Crippen molar-refractivity contribution in [3.05, 3.63) is 191 Å². The number of rotatable bonds is 8. The lowest BCUT2D eigenvalue weighted by Gasteiger charge is -2.24. The van der Waals surface area contributed by atoms with Crippen molar-refractivity contribution in [2.24, 2.45) is 4.99 Å². The minimum absolute atomic E-state index is 0.00343. The Morgan fingerprint density at radius 2 is 1.06 bits per heavy atom. The lowest BCUT2D eigenvalue weighted by molar-refractivity contribution is 0.112. The quantitative estimate of drug-likeness (QED) is 0.0563. The molecule has 0 heterocycles. The summed E-state index contributed by atoms with van der Waals surface area (Å²) in [5, 5.41) is 3.86. The van der Waals surface area contributed by atoms with E-state index in [1.807, 2.05) is 24.3 Å². The maximum absolute atomic E-state index is 11.1. The number of carbonyl (C=O) groups is 1. The first-order valence-corrected chi connectivity index (χ1v) is 21.6. The van der Waals surface area contributed by atoms with E-state index in [1.165, 1.54) is 5.56 Å². The van der Waals surface area contributed by atoms with Gasteiger partial charge in [-0.2, -0.15) is 0 Å². The zero-order chi connectivity index (χ0) is 37.2. The highest BCUT2D eigenvalue weighted by molar-refractivity contribution is 6.83. The molecule has 6 aromatic rings. The van der Waals surface area contributed by atoms with E-state index in [2.05, 4.69) is 177 Å². The topological polar surface area (TPSA) is 41.5 Å². The van der Waals surface area contributed by atoms with Crippen molar-refractivity contribution < 1.29 is 4.79 Å². The van der Waals surface area contributed by atoms with Crippen LogP contribution in [0.2, 0.25) is 19.6 Å². The van der Waals surface area contributed by atoms with Gasteiger partial charge in [0, 0.05) is 33.9 Å². The molecular formula is C49H44N2OSi. The van der Waals surface area contributed by atoms with Gasteiger partial charge in [-0.3, -0.25) is 9.79 Å². The highest BCUT2D eigenvalue weighted by Crippen LogP contribution is 2.35. The maximum atomic E-state index is 11.1. The zero-order valence-corrected chi connectivity index (χ0v) is 32.0. The molecule has 1 unspecified atom stereocenters. The second-order valence-corrected chi connectivity index (χ2v) is 19.0. The second kappa shape index (κ2) is 16.9. The van der Waals surface area contributed by atoms with Crippen LogP contribution in [0.1, 0.15) is 69.7 Å². The van der Waals surface area contributed by atoms with Crippen molar-refractivity contribution in [1.29, 1.82) is 0 Å². The number of carbonyl (C=O) groups excluding carboxylic acids is 1.